The van der Waals surface area contributed by atoms with Gasteiger partial charge in [0.05, 0.1) is 6.61 Å². The average molecular weight is 313 g/mol. The number of hydrogen-bond acceptors (Lipinski definition) is 3. The Balaban J connectivity index is 1.86. The Bertz CT molecular complexity index is 637. The molecule has 4 heteroatoms. The zero-order chi connectivity index (χ0) is 16.7. The van der Waals surface area contributed by atoms with E-state index in [4.69, 9.17) is 9.47 Å². The van der Waals surface area contributed by atoms with Crippen LogP contribution < -0.4 is 14.8 Å². The van der Waals surface area contributed by atoms with Crippen LogP contribution in [0.2, 0.25) is 0 Å². The van der Waals surface area contributed by atoms with Crippen LogP contribution in [0.15, 0.2) is 48.5 Å². The Kier molecular flexibility index (Phi) is 6.03. The minimum absolute atomic E-state index is 0.146. The van der Waals surface area contributed by atoms with Gasteiger partial charge in [-0.15, -0.1) is 0 Å². The van der Waals surface area contributed by atoms with Crippen LogP contribution in [0.4, 0.5) is 0 Å². The number of ether oxygens (including phenoxy) is 2. The molecule has 0 saturated carbocycles. The molecule has 0 aliphatic heterocycles. The fourth-order valence-corrected chi connectivity index (χ4v) is 2.12. The molecule has 0 bridgehead atoms. The van der Waals surface area contributed by atoms with Crippen molar-refractivity contribution in [2.75, 3.05) is 6.61 Å². The number of carbonyl (C=O) groups is 1. The molecular weight excluding hydrogens is 290 g/mol. The molecular formula is C19H23NO3. The van der Waals surface area contributed by atoms with Crippen molar-refractivity contribution in [2.45, 2.75) is 33.4 Å². The average Bonchev–Trinajstić information content (AvgIpc) is 2.55. The summed E-state index contributed by atoms with van der Waals surface area (Å²) in [6.07, 6.45) is -0.548. The van der Waals surface area contributed by atoms with Crippen molar-refractivity contribution in [3.05, 3.63) is 59.7 Å². The molecule has 2 rings (SSSR count). The lowest BCUT2D eigenvalue weighted by Gasteiger charge is -2.15. The molecule has 1 amide bonds. The van der Waals surface area contributed by atoms with Gasteiger partial charge in [-0.05, 0) is 50.6 Å². The van der Waals surface area contributed by atoms with E-state index in [-0.39, 0.29) is 5.91 Å². The zero-order valence-corrected chi connectivity index (χ0v) is 13.8. The topological polar surface area (TPSA) is 47.6 Å². The molecule has 2 aromatic rings. The zero-order valence-electron chi connectivity index (χ0n) is 13.8. The van der Waals surface area contributed by atoms with Gasteiger partial charge in [-0.25, -0.2) is 0 Å². The minimum Gasteiger partial charge on any atom is -0.494 e. The summed E-state index contributed by atoms with van der Waals surface area (Å²) in [6, 6.07) is 15.3. The van der Waals surface area contributed by atoms with Crippen molar-refractivity contribution >= 4 is 5.91 Å². The quantitative estimate of drug-likeness (QED) is 0.851. The Morgan fingerprint density at radius 3 is 2.57 bits per heavy atom. The van der Waals surface area contributed by atoms with Crippen LogP contribution in [0, 0.1) is 6.92 Å². The maximum atomic E-state index is 12.1. The highest BCUT2D eigenvalue weighted by Gasteiger charge is 2.14. The standard InChI is InChI=1S/C19H23NO3/c1-4-22-18-7-5-6-16(12-18)13-20-19(21)15(3)23-17-10-8-14(2)9-11-17/h5-12,15H,4,13H2,1-3H3,(H,20,21)/t15-/m0/s1. The molecule has 0 unspecified atom stereocenters. The summed E-state index contributed by atoms with van der Waals surface area (Å²) >= 11 is 0. The van der Waals surface area contributed by atoms with Crippen molar-refractivity contribution in [2.24, 2.45) is 0 Å². The van der Waals surface area contributed by atoms with Crippen LogP contribution in [-0.4, -0.2) is 18.6 Å². The van der Waals surface area contributed by atoms with Crippen LogP contribution in [0.25, 0.3) is 0 Å². The first-order chi connectivity index (χ1) is 11.1. The van der Waals surface area contributed by atoms with Gasteiger partial charge in [0.25, 0.3) is 5.91 Å². The summed E-state index contributed by atoms with van der Waals surface area (Å²) < 4.78 is 11.1. The lowest BCUT2D eigenvalue weighted by atomic mass is 10.2. The van der Waals surface area contributed by atoms with Crippen LogP contribution >= 0.6 is 0 Å². The molecule has 0 fully saturated rings. The van der Waals surface area contributed by atoms with Crippen molar-refractivity contribution in [3.8, 4) is 11.5 Å². The van der Waals surface area contributed by atoms with Gasteiger partial charge in [-0.2, -0.15) is 0 Å². The lowest BCUT2D eigenvalue weighted by Crippen LogP contribution is -2.35. The van der Waals surface area contributed by atoms with E-state index in [9.17, 15) is 4.79 Å². The van der Waals surface area contributed by atoms with E-state index in [2.05, 4.69) is 5.32 Å². The summed E-state index contributed by atoms with van der Waals surface area (Å²) in [7, 11) is 0. The Hall–Kier alpha value is -2.49. The van der Waals surface area contributed by atoms with Gasteiger partial charge in [0, 0.05) is 6.54 Å². The van der Waals surface area contributed by atoms with E-state index >= 15 is 0 Å². The summed E-state index contributed by atoms with van der Waals surface area (Å²) in [5.41, 5.74) is 2.15. The highest BCUT2D eigenvalue weighted by atomic mass is 16.5. The molecule has 1 N–H and O–H groups in total. The van der Waals surface area contributed by atoms with E-state index in [0.29, 0.717) is 18.9 Å². The van der Waals surface area contributed by atoms with E-state index in [1.54, 1.807) is 6.92 Å². The molecule has 0 aliphatic rings. The molecule has 0 saturated heterocycles. The first-order valence-electron chi connectivity index (χ1n) is 7.81. The van der Waals surface area contributed by atoms with Gasteiger partial charge in [-0.1, -0.05) is 29.8 Å². The van der Waals surface area contributed by atoms with Crippen molar-refractivity contribution in [3.63, 3.8) is 0 Å². The number of aryl methyl sites for hydroxylation is 1. The second-order valence-corrected chi connectivity index (χ2v) is 5.37. The predicted octanol–water partition coefficient (Wildman–Crippen LogP) is 3.48. The highest BCUT2D eigenvalue weighted by Crippen LogP contribution is 2.14. The molecule has 4 nitrogen and oxygen atoms in total. The predicted molar refractivity (Wildman–Crippen MR) is 90.7 cm³/mol. The first kappa shape index (κ1) is 16.9. The van der Waals surface area contributed by atoms with E-state index in [1.165, 1.54) is 0 Å². The van der Waals surface area contributed by atoms with Crippen molar-refractivity contribution < 1.29 is 14.3 Å². The maximum absolute atomic E-state index is 12.1. The van der Waals surface area contributed by atoms with Gasteiger partial charge in [0.1, 0.15) is 11.5 Å². The minimum atomic E-state index is -0.548. The number of carbonyl (C=O) groups excluding carboxylic acids is 1. The van der Waals surface area contributed by atoms with Crippen LogP contribution in [0.5, 0.6) is 11.5 Å². The van der Waals surface area contributed by atoms with Crippen molar-refractivity contribution in [1.82, 2.24) is 5.32 Å². The normalized spacial score (nSPS) is 11.6. The Labute approximate surface area is 137 Å². The van der Waals surface area contributed by atoms with E-state index in [0.717, 1.165) is 16.9 Å². The lowest BCUT2D eigenvalue weighted by molar-refractivity contribution is -0.127. The number of benzene rings is 2. The molecule has 1 atom stereocenters. The fraction of sp³-hybridized carbons (Fsp3) is 0.316. The van der Waals surface area contributed by atoms with E-state index < -0.39 is 6.10 Å². The number of nitrogens with one attached hydrogen (secondary N) is 1. The van der Waals surface area contributed by atoms with Crippen LogP contribution in [-0.2, 0) is 11.3 Å². The summed E-state index contributed by atoms with van der Waals surface area (Å²) in [5.74, 6) is 1.35. The SMILES string of the molecule is CCOc1cccc(CNC(=O)[C@H](C)Oc2ccc(C)cc2)c1. The second kappa shape index (κ2) is 8.22. The Morgan fingerprint density at radius 2 is 1.87 bits per heavy atom. The monoisotopic (exact) mass is 313 g/mol. The summed E-state index contributed by atoms with van der Waals surface area (Å²) in [4.78, 5) is 12.1. The fourth-order valence-electron chi connectivity index (χ4n) is 2.12. The third-order valence-corrected chi connectivity index (χ3v) is 3.38. The number of rotatable bonds is 7. The maximum Gasteiger partial charge on any atom is 0.261 e. The van der Waals surface area contributed by atoms with Gasteiger partial charge in [0.15, 0.2) is 6.10 Å². The third-order valence-electron chi connectivity index (χ3n) is 3.38. The molecule has 23 heavy (non-hydrogen) atoms. The van der Waals surface area contributed by atoms with Crippen molar-refractivity contribution in [1.29, 1.82) is 0 Å². The first-order valence-corrected chi connectivity index (χ1v) is 7.81. The summed E-state index contributed by atoms with van der Waals surface area (Å²) in [6.45, 7) is 6.76. The molecule has 2 aromatic carbocycles. The molecule has 122 valence electrons. The van der Waals surface area contributed by atoms with Gasteiger partial charge in [0.2, 0.25) is 0 Å². The highest BCUT2D eigenvalue weighted by molar-refractivity contribution is 5.80. The molecule has 0 heterocycles. The van der Waals surface area contributed by atoms with Gasteiger partial charge >= 0.3 is 0 Å². The summed E-state index contributed by atoms with van der Waals surface area (Å²) in [5, 5.41) is 2.88. The number of hydrogen-bond donors (Lipinski definition) is 1. The van der Waals surface area contributed by atoms with Gasteiger partial charge in [-0.3, -0.25) is 4.79 Å². The number of amides is 1. The Morgan fingerprint density at radius 1 is 1.13 bits per heavy atom. The third kappa shape index (κ3) is 5.33. The van der Waals surface area contributed by atoms with Crippen LogP contribution in [0.1, 0.15) is 25.0 Å². The largest absolute Gasteiger partial charge is 0.494 e. The molecule has 0 radical (unpaired) electrons. The molecule has 0 spiro atoms. The molecule has 0 aliphatic carbocycles. The van der Waals surface area contributed by atoms with Crippen LogP contribution in [0.3, 0.4) is 0 Å². The smallest absolute Gasteiger partial charge is 0.261 e. The van der Waals surface area contributed by atoms with Gasteiger partial charge < -0.3 is 14.8 Å². The molecule has 0 aromatic heterocycles. The van der Waals surface area contributed by atoms with E-state index in [1.807, 2.05) is 62.4 Å². The second-order valence-electron chi connectivity index (χ2n) is 5.37.